The van der Waals surface area contributed by atoms with Crippen LogP contribution in [0.3, 0.4) is 0 Å². The smallest absolute Gasteiger partial charge is 0.311 e. The van der Waals surface area contributed by atoms with Crippen LogP contribution >= 0.6 is 15.9 Å². The molecule has 2 aromatic rings. The Morgan fingerprint density at radius 2 is 2.10 bits per heavy atom. The minimum atomic E-state index is -0.854. The first-order valence-electron chi connectivity index (χ1n) is 6.63. The van der Waals surface area contributed by atoms with Gasteiger partial charge in [0.25, 0.3) is 5.91 Å². The highest BCUT2D eigenvalue weighted by atomic mass is 79.9. The van der Waals surface area contributed by atoms with E-state index in [0.717, 1.165) is 15.4 Å². The summed E-state index contributed by atoms with van der Waals surface area (Å²) in [5.41, 5.74) is 0.825. The summed E-state index contributed by atoms with van der Waals surface area (Å²) in [6.07, 6.45) is 1.21. The van der Waals surface area contributed by atoms with Crippen molar-refractivity contribution in [1.82, 2.24) is 5.32 Å². The van der Waals surface area contributed by atoms with Crippen molar-refractivity contribution in [3.8, 4) is 0 Å². The molecule has 1 aromatic carbocycles. The molecule has 0 aliphatic heterocycles. The van der Waals surface area contributed by atoms with E-state index in [-0.39, 0.29) is 18.2 Å². The first-order valence-corrected chi connectivity index (χ1v) is 7.42. The zero-order valence-corrected chi connectivity index (χ0v) is 13.0. The average molecular weight is 352 g/mol. The van der Waals surface area contributed by atoms with Crippen molar-refractivity contribution in [3.63, 3.8) is 0 Å². The summed E-state index contributed by atoms with van der Waals surface area (Å²) in [6, 6.07) is 5.46. The molecule has 1 saturated carbocycles. The van der Waals surface area contributed by atoms with Crippen molar-refractivity contribution in [1.29, 1.82) is 0 Å². The van der Waals surface area contributed by atoms with Crippen LogP contribution in [0, 0.1) is 12.3 Å². The lowest BCUT2D eigenvalue weighted by Gasteiger charge is -2.09. The summed E-state index contributed by atoms with van der Waals surface area (Å²) in [7, 11) is 0. The zero-order valence-electron chi connectivity index (χ0n) is 11.4. The third-order valence-electron chi connectivity index (χ3n) is 3.89. The molecule has 0 saturated heterocycles. The van der Waals surface area contributed by atoms with Crippen LogP contribution in [0.15, 0.2) is 27.1 Å². The number of nitrogens with one attached hydrogen (secondary N) is 1. The van der Waals surface area contributed by atoms with Crippen molar-refractivity contribution >= 4 is 38.8 Å². The Balaban J connectivity index is 1.79. The van der Waals surface area contributed by atoms with E-state index in [2.05, 4.69) is 21.2 Å². The third-order valence-corrected chi connectivity index (χ3v) is 4.34. The number of aryl methyl sites for hydroxylation is 1. The molecule has 0 unspecified atom stereocenters. The van der Waals surface area contributed by atoms with Crippen molar-refractivity contribution in [2.75, 3.05) is 6.54 Å². The van der Waals surface area contributed by atoms with E-state index in [1.54, 1.807) is 6.07 Å². The second kappa shape index (κ2) is 4.87. The largest absolute Gasteiger partial charge is 0.481 e. The molecule has 1 aliphatic carbocycles. The first kappa shape index (κ1) is 14.1. The van der Waals surface area contributed by atoms with Crippen molar-refractivity contribution in [2.24, 2.45) is 5.41 Å². The van der Waals surface area contributed by atoms with Gasteiger partial charge in [0, 0.05) is 16.4 Å². The van der Waals surface area contributed by atoms with Crippen LogP contribution in [0.25, 0.3) is 11.0 Å². The topological polar surface area (TPSA) is 79.5 Å². The molecule has 1 amide bonds. The number of amides is 1. The minimum absolute atomic E-state index is 0.140. The van der Waals surface area contributed by atoms with E-state index >= 15 is 0 Å². The van der Waals surface area contributed by atoms with Crippen molar-refractivity contribution in [2.45, 2.75) is 19.8 Å². The lowest BCUT2D eigenvalue weighted by atomic mass is 10.1. The quantitative estimate of drug-likeness (QED) is 0.886. The van der Waals surface area contributed by atoms with Crippen LogP contribution in [0.4, 0.5) is 0 Å². The maximum atomic E-state index is 12.1. The molecular weight excluding hydrogens is 338 g/mol. The molecular formula is C15H14BrNO4. The van der Waals surface area contributed by atoms with Gasteiger partial charge in [-0.1, -0.05) is 15.9 Å². The minimum Gasteiger partial charge on any atom is -0.481 e. The molecule has 0 spiro atoms. The number of aliphatic carboxylic acids is 1. The molecule has 1 aromatic heterocycles. The Morgan fingerprint density at radius 3 is 2.71 bits per heavy atom. The van der Waals surface area contributed by atoms with Gasteiger partial charge in [-0.3, -0.25) is 9.59 Å². The number of carbonyl (C=O) groups excluding carboxylic acids is 1. The molecule has 110 valence electrons. The van der Waals surface area contributed by atoms with Crippen LogP contribution in [0.5, 0.6) is 0 Å². The summed E-state index contributed by atoms with van der Waals surface area (Å²) in [5, 5.41) is 12.6. The van der Waals surface area contributed by atoms with Crippen molar-refractivity contribution < 1.29 is 19.1 Å². The fraction of sp³-hybridized carbons (Fsp3) is 0.333. The molecule has 0 atom stereocenters. The summed E-state index contributed by atoms with van der Waals surface area (Å²) in [5.74, 6) is -1.03. The SMILES string of the molecule is Cc1cc(Br)cc2cc(C(=O)NCC3(C(=O)O)CC3)oc12. The number of furan rings is 1. The number of benzene rings is 1. The summed E-state index contributed by atoms with van der Waals surface area (Å²) in [4.78, 5) is 23.2. The molecule has 1 aliphatic rings. The van der Waals surface area contributed by atoms with Crippen molar-refractivity contribution in [3.05, 3.63) is 34.0 Å². The van der Waals surface area contributed by atoms with E-state index in [0.29, 0.717) is 18.4 Å². The Bertz CT molecular complexity index is 745. The summed E-state index contributed by atoms with van der Waals surface area (Å²) in [6.45, 7) is 2.04. The predicted octanol–water partition coefficient (Wildman–Crippen LogP) is 3.10. The number of halogens is 1. The monoisotopic (exact) mass is 351 g/mol. The average Bonchev–Trinajstić information content (AvgIpc) is 3.09. The third kappa shape index (κ3) is 2.55. The van der Waals surface area contributed by atoms with Gasteiger partial charge in [0.05, 0.1) is 5.41 Å². The van der Waals surface area contributed by atoms with Gasteiger partial charge < -0.3 is 14.8 Å². The number of hydrogen-bond donors (Lipinski definition) is 2. The van der Waals surface area contributed by atoms with Gasteiger partial charge in [-0.15, -0.1) is 0 Å². The lowest BCUT2D eigenvalue weighted by molar-refractivity contribution is -0.143. The molecule has 6 heteroatoms. The fourth-order valence-corrected chi connectivity index (χ4v) is 2.94. The molecule has 1 fully saturated rings. The van der Waals surface area contributed by atoms with Crippen LogP contribution in [0.2, 0.25) is 0 Å². The van der Waals surface area contributed by atoms with Gasteiger partial charge >= 0.3 is 5.97 Å². The predicted molar refractivity (Wildman–Crippen MR) is 80.3 cm³/mol. The summed E-state index contributed by atoms with van der Waals surface area (Å²) >= 11 is 3.40. The molecule has 1 heterocycles. The van der Waals surface area contributed by atoms with E-state index in [1.807, 2.05) is 19.1 Å². The van der Waals surface area contributed by atoms with Gasteiger partial charge in [-0.05, 0) is 43.5 Å². The maximum absolute atomic E-state index is 12.1. The molecule has 2 N–H and O–H groups in total. The van der Waals surface area contributed by atoms with Gasteiger partial charge in [0.2, 0.25) is 0 Å². The number of carbonyl (C=O) groups is 2. The standard InChI is InChI=1S/C15H14BrNO4/c1-8-4-10(16)5-9-6-11(21-12(8)9)13(18)17-7-15(2-3-15)14(19)20/h4-6H,2-3,7H2,1H3,(H,17,18)(H,19,20). The molecule has 0 radical (unpaired) electrons. The van der Waals surface area contributed by atoms with Gasteiger partial charge in [-0.25, -0.2) is 0 Å². The molecule has 0 bridgehead atoms. The lowest BCUT2D eigenvalue weighted by Crippen LogP contribution is -2.34. The highest BCUT2D eigenvalue weighted by molar-refractivity contribution is 9.10. The highest BCUT2D eigenvalue weighted by Crippen LogP contribution is 2.45. The van der Waals surface area contributed by atoms with Gasteiger partial charge in [0.15, 0.2) is 5.76 Å². The van der Waals surface area contributed by atoms with E-state index in [4.69, 9.17) is 9.52 Å². The Kier molecular flexibility index (Phi) is 3.28. The molecule has 3 rings (SSSR count). The number of fused-ring (bicyclic) bond motifs is 1. The van der Waals surface area contributed by atoms with Crippen LogP contribution < -0.4 is 5.32 Å². The van der Waals surface area contributed by atoms with Crippen LogP contribution in [-0.4, -0.2) is 23.5 Å². The normalized spacial score (nSPS) is 15.9. The first-order chi connectivity index (χ1) is 9.91. The number of carboxylic acid groups (broad SMARTS) is 1. The highest BCUT2D eigenvalue weighted by Gasteiger charge is 2.50. The van der Waals surface area contributed by atoms with Gasteiger partial charge in [0.1, 0.15) is 5.58 Å². The number of rotatable bonds is 4. The second-order valence-electron chi connectivity index (χ2n) is 5.52. The molecule has 5 nitrogen and oxygen atoms in total. The number of carboxylic acids is 1. The van der Waals surface area contributed by atoms with Gasteiger partial charge in [-0.2, -0.15) is 0 Å². The fourth-order valence-electron chi connectivity index (χ4n) is 2.35. The Hall–Kier alpha value is -1.82. The van der Waals surface area contributed by atoms with E-state index in [1.165, 1.54) is 0 Å². The number of hydrogen-bond acceptors (Lipinski definition) is 3. The maximum Gasteiger partial charge on any atom is 0.311 e. The zero-order chi connectivity index (χ0) is 15.2. The van der Waals surface area contributed by atoms with Crippen LogP contribution in [0.1, 0.15) is 29.0 Å². The van der Waals surface area contributed by atoms with E-state index < -0.39 is 11.4 Å². The van der Waals surface area contributed by atoms with Crippen LogP contribution in [-0.2, 0) is 4.79 Å². The molecule has 21 heavy (non-hydrogen) atoms. The summed E-state index contributed by atoms with van der Waals surface area (Å²) < 4.78 is 6.50. The van der Waals surface area contributed by atoms with E-state index in [9.17, 15) is 9.59 Å². The second-order valence-corrected chi connectivity index (χ2v) is 6.44. The Morgan fingerprint density at radius 1 is 1.38 bits per heavy atom. The Labute approximate surface area is 129 Å².